The number of hydrogen-bond donors (Lipinski definition) is 6. The Morgan fingerprint density at radius 1 is 0.947 bits per heavy atom. The van der Waals surface area contributed by atoms with Gasteiger partial charge in [-0.15, -0.1) is 0 Å². The maximum Gasteiger partial charge on any atom is 0.327 e. The second-order valence-corrected chi connectivity index (χ2v) is 9.66. The van der Waals surface area contributed by atoms with E-state index in [1.165, 1.54) is 26.0 Å². The minimum atomic E-state index is -4.08. The second kappa shape index (κ2) is 28.4. The molecule has 1 aromatic carbocycles. The molecule has 13 nitrogen and oxygen atoms in total. The number of carboxylic acids is 1. The van der Waals surface area contributed by atoms with Gasteiger partial charge < -0.3 is 10.4 Å². The molecule has 0 heterocycles. The van der Waals surface area contributed by atoms with Crippen LogP contribution in [0.15, 0.2) is 61.0 Å². The summed E-state index contributed by atoms with van der Waals surface area (Å²) in [7, 11) is -8.15. The van der Waals surface area contributed by atoms with Crippen molar-refractivity contribution in [1.82, 2.24) is 5.32 Å². The Bertz CT molecular complexity index is 1080. The number of carbonyl (C=O) groups is 2. The summed E-state index contributed by atoms with van der Waals surface area (Å²) in [4.78, 5) is 20.0. The Balaban J connectivity index is -0.0000000573. The van der Waals surface area contributed by atoms with Gasteiger partial charge in [0, 0.05) is 126 Å². The Labute approximate surface area is 315 Å². The molecule has 0 aliphatic rings. The zero-order valence-corrected chi connectivity index (χ0v) is 32.6. The van der Waals surface area contributed by atoms with Gasteiger partial charge in [0.25, 0.3) is 31.6 Å². The summed E-state index contributed by atoms with van der Waals surface area (Å²) in [5.41, 5.74) is -0.193. The molecule has 1 amide bonds. The van der Waals surface area contributed by atoms with Crippen LogP contribution < -0.4 is 5.32 Å². The van der Waals surface area contributed by atoms with Crippen LogP contribution in [0, 0.1) is 0 Å². The Hall–Kier alpha value is 1.27. The van der Waals surface area contributed by atoms with Crippen molar-refractivity contribution in [1.29, 1.82) is 0 Å². The van der Waals surface area contributed by atoms with Gasteiger partial charge in [-0.3, -0.25) is 23.0 Å². The van der Waals surface area contributed by atoms with E-state index in [9.17, 15) is 26.4 Å². The number of carboxylic acid groups (broad SMARTS) is 1. The van der Waals surface area contributed by atoms with Crippen LogP contribution in [0.25, 0.3) is 6.08 Å². The SMILES string of the molecule is C=CC(=O)NC(C)(C)CS(=O)(=O)O.C=CC(=O)O.C=Cc1ccc(S(=O)(=O)O)cc1.O=S(O)O.[HH].[Na].[Na].[Na].[Na]. The van der Waals surface area contributed by atoms with Crippen molar-refractivity contribution in [2.24, 2.45) is 0 Å². The summed E-state index contributed by atoms with van der Waals surface area (Å²) in [6, 6.07) is 5.78. The van der Waals surface area contributed by atoms with E-state index in [0.29, 0.717) is 0 Å². The summed E-state index contributed by atoms with van der Waals surface area (Å²) in [6.07, 6.45) is 3.46. The van der Waals surface area contributed by atoms with E-state index >= 15 is 0 Å². The molecule has 0 unspecified atom stereocenters. The van der Waals surface area contributed by atoms with Gasteiger partial charge in [0.2, 0.25) is 5.91 Å². The van der Waals surface area contributed by atoms with Crippen LogP contribution in [0.3, 0.4) is 0 Å². The summed E-state index contributed by atoms with van der Waals surface area (Å²) < 4.78 is 82.1. The van der Waals surface area contributed by atoms with Gasteiger partial charge in [-0.05, 0) is 37.6 Å². The molecule has 20 heteroatoms. The van der Waals surface area contributed by atoms with E-state index in [-0.39, 0.29) is 125 Å². The molecule has 200 valence electrons. The molecule has 4 radical (unpaired) electrons. The van der Waals surface area contributed by atoms with Crippen LogP contribution in [0.5, 0.6) is 0 Å². The number of benzene rings is 1. The fraction of sp³-hybridized carbons (Fsp3) is 0.222. The zero-order chi connectivity index (χ0) is 27.8. The largest absolute Gasteiger partial charge is 0.478 e. The van der Waals surface area contributed by atoms with Gasteiger partial charge in [0.05, 0.1) is 16.2 Å². The zero-order valence-electron chi connectivity index (χ0n) is 22.2. The standard InChI is InChI=1S/C8H8O3S.C7H13NO4S.C3H4O2.4Na.H2O3S.H2/c1-2-7-3-5-8(6-4-7)12(9,10)11;1-4-6(9)8-7(2,3)5-13(10,11)12;1-2-3(4)5;;;;;1-4(2)3;/h2-6H,1H2,(H,9,10,11);4H,1,5H2,2-3H3,(H,8,9)(H,10,11,12);2H,1H2,(H,4,5);;;;;(H2,1,2,3);1H. The molecule has 0 atom stereocenters. The molecule has 0 aromatic heterocycles. The quantitative estimate of drug-likeness (QED) is 0.102. The van der Waals surface area contributed by atoms with E-state index in [2.05, 4.69) is 25.1 Å². The van der Waals surface area contributed by atoms with E-state index in [1.54, 1.807) is 18.2 Å². The molecule has 1 aromatic rings. The number of amides is 1. The third kappa shape index (κ3) is 41.7. The van der Waals surface area contributed by atoms with Crippen LogP contribution in [0.4, 0.5) is 0 Å². The smallest absolute Gasteiger partial charge is 0.327 e. The van der Waals surface area contributed by atoms with Gasteiger partial charge in [-0.1, -0.05) is 37.9 Å². The van der Waals surface area contributed by atoms with Crippen molar-refractivity contribution in [2.45, 2.75) is 24.3 Å². The van der Waals surface area contributed by atoms with Crippen molar-refractivity contribution < 1.29 is 55.4 Å². The van der Waals surface area contributed by atoms with Gasteiger partial charge in [-0.2, -0.15) is 21.0 Å². The first-order valence-electron chi connectivity index (χ1n) is 8.45. The average molecular weight is 640 g/mol. The number of hydrogen-bond acceptors (Lipinski definition) is 7. The minimum Gasteiger partial charge on any atom is -0.478 e. The van der Waals surface area contributed by atoms with Crippen LogP contribution in [0.2, 0.25) is 0 Å². The fourth-order valence-electron chi connectivity index (χ4n) is 1.65. The average Bonchev–Trinajstić information content (AvgIpc) is 2.65. The monoisotopic (exact) mass is 639 g/mol. The fourth-order valence-corrected chi connectivity index (χ4v) is 3.12. The maximum atomic E-state index is 10.8. The number of aliphatic carboxylic acids is 1. The van der Waals surface area contributed by atoms with Gasteiger partial charge in [-0.25, -0.2) is 4.79 Å². The van der Waals surface area contributed by atoms with Crippen molar-refractivity contribution >= 4 is 168 Å². The molecule has 0 fully saturated rings. The molecule has 0 saturated carbocycles. The molecular formula is C18H29NNa4O12S3. The molecule has 0 spiro atoms. The topological polar surface area (TPSA) is 233 Å². The van der Waals surface area contributed by atoms with Crippen molar-refractivity contribution in [3.8, 4) is 0 Å². The maximum absolute atomic E-state index is 10.8. The molecule has 0 bridgehead atoms. The number of carbonyl (C=O) groups excluding carboxylic acids is 1. The number of nitrogens with one attached hydrogen (secondary N) is 1. The predicted molar refractivity (Wildman–Crippen MR) is 152 cm³/mol. The van der Waals surface area contributed by atoms with E-state index in [0.717, 1.165) is 17.7 Å². The molecule has 0 saturated heterocycles. The molecule has 0 aliphatic heterocycles. The van der Waals surface area contributed by atoms with Crippen molar-refractivity contribution in [3.63, 3.8) is 0 Å². The van der Waals surface area contributed by atoms with Crippen molar-refractivity contribution in [2.75, 3.05) is 5.75 Å². The van der Waals surface area contributed by atoms with E-state index in [1.807, 2.05) is 0 Å². The van der Waals surface area contributed by atoms with Crippen LogP contribution in [-0.4, -0.2) is 186 Å². The first kappa shape index (κ1) is 55.2. The van der Waals surface area contributed by atoms with E-state index < -0.39 is 54.8 Å². The predicted octanol–water partition coefficient (Wildman–Crippen LogP) is 0.192. The van der Waals surface area contributed by atoms with Crippen LogP contribution >= 0.6 is 0 Å². The minimum absolute atomic E-state index is 0. The summed E-state index contributed by atoms with van der Waals surface area (Å²) >= 11 is -2.61. The van der Waals surface area contributed by atoms with Gasteiger partial charge in [0.1, 0.15) is 0 Å². The van der Waals surface area contributed by atoms with E-state index in [4.69, 9.17) is 27.5 Å². The molecular weight excluding hydrogens is 610 g/mol. The molecule has 6 N–H and O–H groups in total. The summed E-state index contributed by atoms with van der Waals surface area (Å²) in [5.74, 6) is -1.99. The Morgan fingerprint density at radius 2 is 1.29 bits per heavy atom. The first-order valence-corrected chi connectivity index (χ1v) is 12.6. The Kier molecular flexibility index (Phi) is 41.3. The second-order valence-electron chi connectivity index (χ2n) is 6.32. The third-order valence-electron chi connectivity index (χ3n) is 2.78. The normalized spacial score (nSPS) is 9.45. The molecule has 1 rings (SSSR count). The van der Waals surface area contributed by atoms with Gasteiger partial charge >= 0.3 is 5.97 Å². The molecule has 0 aliphatic carbocycles. The van der Waals surface area contributed by atoms with Crippen LogP contribution in [-0.2, 0) is 41.2 Å². The van der Waals surface area contributed by atoms with Gasteiger partial charge in [0.15, 0.2) is 0 Å². The summed E-state index contributed by atoms with van der Waals surface area (Å²) in [5, 5.41) is 9.97. The van der Waals surface area contributed by atoms with Crippen LogP contribution in [0.1, 0.15) is 20.8 Å². The molecule has 38 heavy (non-hydrogen) atoms. The summed E-state index contributed by atoms with van der Waals surface area (Å²) in [6.45, 7) is 12.7. The number of rotatable bonds is 7. The Morgan fingerprint density at radius 3 is 1.50 bits per heavy atom. The van der Waals surface area contributed by atoms with Crippen molar-refractivity contribution in [3.05, 3.63) is 61.7 Å². The first-order chi connectivity index (χ1) is 15.2. The third-order valence-corrected chi connectivity index (χ3v) is 4.73.